The Hall–Kier alpha value is -0.630. The lowest BCUT2D eigenvalue weighted by atomic mass is 9.72. The number of epoxide rings is 1. The Morgan fingerprint density at radius 2 is 1.94 bits per heavy atom. The average Bonchev–Trinajstić information content (AvgIpc) is 2.65. The lowest BCUT2D eigenvalue weighted by molar-refractivity contribution is -0.104. The van der Waals surface area contributed by atoms with Crippen molar-refractivity contribution >= 4 is 6.29 Å². The second-order valence-corrected chi connectivity index (χ2v) is 6.85. The molecule has 94 valence electrons. The van der Waals surface area contributed by atoms with Gasteiger partial charge < -0.3 is 4.74 Å². The lowest BCUT2D eigenvalue weighted by Crippen LogP contribution is -2.32. The fourth-order valence-electron chi connectivity index (χ4n) is 5.27. The number of allylic oxidation sites excluding steroid dienone is 1. The van der Waals surface area contributed by atoms with Gasteiger partial charge in [0.25, 0.3) is 0 Å². The Morgan fingerprint density at radius 3 is 2.53 bits per heavy atom. The topological polar surface area (TPSA) is 29.6 Å². The van der Waals surface area contributed by atoms with Gasteiger partial charge in [-0.15, -0.1) is 0 Å². The molecule has 3 fully saturated rings. The minimum absolute atomic E-state index is 0.0312. The Labute approximate surface area is 103 Å². The van der Waals surface area contributed by atoms with Crippen LogP contribution in [0.25, 0.3) is 0 Å². The Morgan fingerprint density at radius 1 is 1.24 bits per heavy atom. The van der Waals surface area contributed by atoms with Crippen molar-refractivity contribution in [2.24, 2.45) is 23.2 Å². The van der Waals surface area contributed by atoms with Crippen molar-refractivity contribution in [1.29, 1.82) is 0 Å². The van der Waals surface area contributed by atoms with Crippen LogP contribution < -0.4 is 0 Å². The van der Waals surface area contributed by atoms with Crippen LogP contribution in [-0.4, -0.2) is 17.5 Å². The van der Waals surface area contributed by atoms with Crippen molar-refractivity contribution in [2.45, 2.75) is 51.7 Å². The maximum absolute atomic E-state index is 10.6. The summed E-state index contributed by atoms with van der Waals surface area (Å²) in [6.45, 7) is 9.26. The summed E-state index contributed by atoms with van der Waals surface area (Å²) in [7, 11) is 0. The first kappa shape index (κ1) is 11.5. The fourth-order valence-corrected chi connectivity index (χ4v) is 5.27. The van der Waals surface area contributed by atoms with Crippen molar-refractivity contribution in [2.75, 3.05) is 0 Å². The third-order valence-electron chi connectivity index (χ3n) is 5.93. The molecule has 3 rings (SSSR count). The third-order valence-corrected chi connectivity index (χ3v) is 5.93. The van der Waals surface area contributed by atoms with Crippen molar-refractivity contribution in [1.82, 2.24) is 0 Å². The van der Waals surface area contributed by atoms with E-state index < -0.39 is 0 Å². The molecule has 0 amide bonds. The molecule has 0 bridgehead atoms. The van der Waals surface area contributed by atoms with Crippen LogP contribution in [0.4, 0.5) is 0 Å². The van der Waals surface area contributed by atoms with Crippen LogP contribution in [0.1, 0.15) is 40.5 Å². The SMILES string of the molecule is C[C@@H]1CCC2C(C)(C)C(C=CC=O)C3(C)OC213. The summed E-state index contributed by atoms with van der Waals surface area (Å²) in [4.78, 5) is 10.6. The number of ether oxygens (including phenoxy) is 1. The molecule has 0 radical (unpaired) electrons. The third kappa shape index (κ3) is 1.04. The van der Waals surface area contributed by atoms with E-state index in [1.807, 2.05) is 0 Å². The molecule has 1 aliphatic heterocycles. The van der Waals surface area contributed by atoms with Crippen molar-refractivity contribution < 1.29 is 9.53 Å². The quantitative estimate of drug-likeness (QED) is 0.417. The predicted molar refractivity (Wildman–Crippen MR) is 66.6 cm³/mol. The molecule has 3 aliphatic rings. The Bertz CT molecular complexity index is 398. The predicted octanol–water partition coefficient (Wildman–Crippen LogP) is 2.97. The minimum atomic E-state index is -0.0312. The van der Waals surface area contributed by atoms with Crippen LogP contribution in [0.2, 0.25) is 0 Å². The molecule has 2 aliphatic carbocycles. The molecule has 0 aromatic carbocycles. The highest BCUT2D eigenvalue weighted by Crippen LogP contribution is 2.78. The molecule has 1 heterocycles. The summed E-state index contributed by atoms with van der Waals surface area (Å²) < 4.78 is 6.24. The van der Waals surface area contributed by atoms with Gasteiger partial charge in [-0.05, 0) is 43.1 Å². The largest absolute Gasteiger partial charge is 0.362 e. The van der Waals surface area contributed by atoms with Crippen LogP contribution >= 0.6 is 0 Å². The number of hydrogen-bond donors (Lipinski definition) is 0. The van der Waals surface area contributed by atoms with Crippen LogP contribution in [0, 0.1) is 23.2 Å². The number of rotatable bonds is 2. The molecule has 17 heavy (non-hydrogen) atoms. The van der Waals surface area contributed by atoms with E-state index >= 15 is 0 Å². The van der Waals surface area contributed by atoms with Gasteiger partial charge in [0.1, 0.15) is 17.5 Å². The number of carbonyl (C=O) groups is 1. The van der Waals surface area contributed by atoms with Crippen molar-refractivity contribution in [3.05, 3.63) is 12.2 Å². The molecular formula is C15H22O2. The Balaban J connectivity index is 2.04. The van der Waals surface area contributed by atoms with Crippen LogP contribution in [0.15, 0.2) is 12.2 Å². The van der Waals surface area contributed by atoms with Gasteiger partial charge >= 0.3 is 0 Å². The van der Waals surface area contributed by atoms with Gasteiger partial charge in [-0.3, -0.25) is 4.79 Å². The molecule has 2 heteroatoms. The van der Waals surface area contributed by atoms with E-state index in [-0.39, 0.29) is 16.6 Å². The molecule has 4 unspecified atom stereocenters. The zero-order chi connectivity index (χ0) is 12.5. The highest BCUT2D eigenvalue weighted by molar-refractivity contribution is 5.65. The molecule has 1 spiro atoms. The van der Waals surface area contributed by atoms with E-state index in [2.05, 4.69) is 33.8 Å². The van der Waals surface area contributed by atoms with Crippen molar-refractivity contribution in [3.63, 3.8) is 0 Å². The summed E-state index contributed by atoms with van der Waals surface area (Å²) in [5.74, 6) is 1.68. The summed E-state index contributed by atoms with van der Waals surface area (Å²) in [6, 6.07) is 0. The number of hydrogen-bond acceptors (Lipinski definition) is 2. The van der Waals surface area contributed by atoms with Crippen LogP contribution in [0.5, 0.6) is 0 Å². The summed E-state index contributed by atoms with van der Waals surface area (Å²) in [5, 5.41) is 0. The molecule has 0 aromatic heterocycles. The second kappa shape index (κ2) is 3.03. The van der Waals surface area contributed by atoms with Gasteiger partial charge in [-0.25, -0.2) is 0 Å². The summed E-state index contributed by atoms with van der Waals surface area (Å²) >= 11 is 0. The smallest absolute Gasteiger partial charge is 0.142 e. The molecule has 0 N–H and O–H groups in total. The normalized spacial score (nSPS) is 54.7. The highest BCUT2D eigenvalue weighted by atomic mass is 16.6. The molecule has 5 atom stereocenters. The van der Waals surface area contributed by atoms with Gasteiger partial charge in [0.05, 0.1) is 0 Å². The van der Waals surface area contributed by atoms with Crippen LogP contribution in [-0.2, 0) is 9.53 Å². The van der Waals surface area contributed by atoms with E-state index in [9.17, 15) is 4.79 Å². The molecule has 2 nitrogen and oxygen atoms in total. The number of carbonyl (C=O) groups excluding carboxylic acids is 1. The average molecular weight is 234 g/mol. The van der Waals surface area contributed by atoms with E-state index in [0.29, 0.717) is 17.8 Å². The molecular weight excluding hydrogens is 212 g/mol. The van der Waals surface area contributed by atoms with Gasteiger partial charge in [0.2, 0.25) is 0 Å². The first-order chi connectivity index (χ1) is 7.91. The van der Waals surface area contributed by atoms with E-state index in [1.54, 1.807) is 6.08 Å². The second-order valence-electron chi connectivity index (χ2n) is 6.85. The van der Waals surface area contributed by atoms with Gasteiger partial charge in [0.15, 0.2) is 0 Å². The van der Waals surface area contributed by atoms with Gasteiger partial charge in [-0.1, -0.05) is 26.8 Å². The summed E-state index contributed by atoms with van der Waals surface area (Å²) in [6.07, 6.45) is 7.17. The standard InChI is InChI=1S/C15H22O2/c1-10-7-8-12-13(2,3)11(6-5-9-16)14(4)15(10,12)17-14/h5-6,9-12H,7-8H2,1-4H3/t10-,11?,12?,14?,15?/m1/s1. The maximum Gasteiger partial charge on any atom is 0.142 e. The van der Waals surface area contributed by atoms with E-state index in [4.69, 9.17) is 4.74 Å². The zero-order valence-electron chi connectivity index (χ0n) is 11.2. The van der Waals surface area contributed by atoms with Crippen molar-refractivity contribution in [3.8, 4) is 0 Å². The fraction of sp³-hybridized carbons (Fsp3) is 0.800. The van der Waals surface area contributed by atoms with E-state index in [0.717, 1.165) is 6.29 Å². The first-order valence-corrected chi connectivity index (χ1v) is 6.73. The maximum atomic E-state index is 10.6. The van der Waals surface area contributed by atoms with Gasteiger partial charge in [0, 0.05) is 5.92 Å². The molecule has 1 saturated heterocycles. The summed E-state index contributed by atoms with van der Waals surface area (Å²) in [5.41, 5.74) is 0.322. The molecule has 0 aromatic rings. The molecule has 2 saturated carbocycles. The highest BCUT2D eigenvalue weighted by Gasteiger charge is 2.85. The van der Waals surface area contributed by atoms with Crippen LogP contribution in [0.3, 0.4) is 0 Å². The van der Waals surface area contributed by atoms with Gasteiger partial charge in [-0.2, -0.15) is 0 Å². The monoisotopic (exact) mass is 234 g/mol. The zero-order valence-corrected chi connectivity index (χ0v) is 11.2. The number of aldehydes is 1. The lowest BCUT2D eigenvalue weighted by Gasteiger charge is -2.35. The Kier molecular flexibility index (Phi) is 2.04. The van der Waals surface area contributed by atoms with E-state index in [1.165, 1.54) is 12.8 Å². The first-order valence-electron chi connectivity index (χ1n) is 6.73. The minimum Gasteiger partial charge on any atom is -0.362 e.